The van der Waals surface area contributed by atoms with Crippen LogP contribution in [0.3, 0.4) is 0 Å². The molecule has 3 aromatic carbocycles. The third-order valence-corrected chi connectivity index (χ3v) is 7.34. The number of nitrogens with zero attached hydrogens (tertiary/aromatic N) is 1. The van der Waals surface area contributed by atoms with E-state index in [9.17, 15) is 23.5 Å². The van der Waals surface area contributed by atoms with E-state index in [1.165, 1.54) is 30.3 Å². The van der Waals surface area contributed by atoms with Gasteiger partial charge in [0.1, 0.15) is 35.0 Å². The topological polar surface area (TPSA) is 78.9 Å². The van der Waals surface area contributed by atoms with Crippen molar-refractivity contribution in [1.29, 1.82) is 0 Å². The zero-order chi connectivity index (χ0) is 27.5. The Morgan fingerprint density at radius 1 is 0.923 bits per heavy atom. The summed E-state index contributed by atoms with van der Waals surface area (Å²) >= 11 is 0. The van der Waals surface area contributed by atoms with E-state index in [1.54, 1.807) is 12.1 Å². The number of carbonyl (C=O) groups excluding carboxylic acids is 2. The number of anilines is 1. The fourth-order valence-electron chi connectivity index (χ4n) is 5.39. The zero-order valence-corrected chi connectivity index (χ0v) is 21.2. The highest BCUT2D eigenvalue weighted by Gasteiger charge is 2.41. The smallest absolute Gasteiger partial charge is 0.269 e. The molecule has 3 aromatic rings. The normalized spacial score (nSPS) is 18.0. The summed E-state index contributed by atoms with van der Waals surface area (Å²) in [6.45, 7) is 0. The molecule has 2 atom stereocenters. The molecule has 0 saturated heterocycles. The van der Waals surface area contributed by atoms with Gasteiger partial charge in [-0.2, -0.15) is 0 Å². The van der Waals surface area contributed by atoms with Gasteiger partial charge in [-0.25, -0.2) is 13.2 Å². The van der Waals surface area contributed by atoms with Crippen molar-refractivity contribution < 1.29 is 32.6 Å². The number of benzene rings is 3. The number of phenols is 1. The summed E-state index contributed by atoms with van der Waals surface area (Å²) < 4.78 is 48.8. The van der Waals surface area contributed by atoms with Crippen molar-refractivity contribution in [3.63, 3.8) is 0 Å². The number of carbonyl (C=O) groups is 2. The SMILES string of the molecule is O=C(NC1CCCCC1)C(c1ccccc1O)N(C(=O)C1CCc2cc(F)ccc2O1)c1ccc(F)cc1F. The van der Waals surface area contributed by atoms with E-state index in [1.807, 2.05) is 0 Å². The number of amides is 2. The second kappa shape index (κ2) is 11.4. The number of fused-ring (bicyclic) bond motifs is 1. The molecule has 2 aliphatic rings. The minimum absolute atomic E-state index is 0.0844. The van der Waals surface area contributed by atoms with Gasteiger partial charge >= 0.3 is 0 Å². The maximum absolute atomic E-state index is 15.3. The molecule has 2 unspecified atom stereocenters. The molecule has 1 heterocycles. The van der Waals surface area contributed by atoms with E-state index in [4.69, 9.17) is 4.74 Å². The average molecular weight is 539 g/mol. The first-order chi connectivity index (χ1) is 18.8. The molecule has 204 valence electrons. The first kappa shape index (κ1) is 26.6. The van der Waals surface area contributed by atoms with Gasteiger partial charge in [0, 0.05) is 17.7 Å². The molecular formula is C30H29F3N2O4. The fraction of sp³-hybridized carbons (Fsp3) is 0.333. The maximum Gasteiger partial charge on any atom is 0.269 e. The second-order valence-electron chi connectivity index (χ2n) is 10.0. The largest absolute Gasteiger partial charge is 0.508 e. The van der Waals surface area contributed by atoms with Gasteiger partial charge in [0.05, 0.1) is 5.69 Å². The predicted molar refractivity (Wildman–Crippen MR) is 139 cm³/mol. The lowest BCUT2D eigenvalue weighted by Gasteiger charge is -2.36. The molecule has 0 spiro atoms. The van der Waals surface area contributed by atoms with E-state index in [0.717, 1.165) is 49.1 Å². The fourth-order valence-corrected chi connectivity index (χ4v) is 5.39. The van der Waals surface area contributed by atoms with Gasteiger partial charge in [0.25, 0.3) is 5.91 Å². The number of nitrogens with one attached hydrogen (secondary N) is 1. The van der Waals surface area contributed by atoms with Crippen molar-refractivity contribution in [3.8, 4) is 11.5 Å². The lowest BCUT2D eigenvalue weighted by atomic mass is 9.94. The van der Waals surface area contributed by atoms with Crippen LogP contribution in [0.5, 0.6) is 11.5 Å². The lowest BCUT2D eigenvalue weighted by molar-refractivity contribution is -0.131. The number of halogens is 3. The standard InChI is InChI=1S/C30H29F3N2O4/c31-19-12-15-26-18(16-19)10-14-27(39-26)30(38)35(24-13-11-20(32)17-23(24)33)28(22-8-4-5-9-25(22)36)29(37)34-21-6-2-1-3-7-21/h4-5,8-9,11-13,15-17,21,27-28,36H,1-3,6-7,10,14H2,(H,34,37). The Hall–Kier alpha value is -4.01. The van der Waals surface area contributed by atoms with Crippen LogP contribution in [-0.2, 0) is 16.0 Å². The monoisotopic (exact) mass is 538 g/mol. The number of hydrogen-bond acceptors (Lipinski definition) is 4. The third kappa shape index (κ3) is 5.72. The Morgan fingerprint density at radius 3 is 2.38 bits per heavy atom. The molecule has 39 heavy (non-hydrogen) atoms. The van der Waals surface area contributed by atoms with Crippen LogP contribution < -0.4 is 15.0 Å². The van der Waals surface area contributed by atoms with Crippen LogP contribution in [0.4, 0.5) is 18.9 Å². The Balaban J connectivity index is 1.58. The molecule has 2 amide bonds. The van der Waals surface area contributed by atoms with Gasteiger partial charge in [-0.1, -0.05) is 37.5 Å². The van der Waals surface area contributed by atoms with Crippen LogP contribution in [0.2, 0.25) is 0 Å². The molecule has 5 rings (SSSR count). The van der Waals surface area contributed by atoms with Crippen LogP contribution in [0.1, 0.15) is 55.7 Å². The summed E-state index contributed by atoms with van der Waals surface area (Å²) in [5, 5.41) is 13.7. The van der Waals surface area contributed by atoms with Gasteiger partial charge in [0.2, 0.25) is 5.91 Å². The average Bonchev–Trinajstić information content (AvgIpc) is 2.92. The van der Waals surface area contributed by atoms with E-state index >= 15 is 4.39 Å². The predicted octanol–water partition coefficient (Wildman–Crippen LogP) is 5.73. The van der Waals surface area contributed by atoms with Gasteiger partial charge in [0.15, 0.2) is 6.10 Å². The molecule has 0 aromatic heterocycles. The number of aryl methyl sites for hydroxylation is 1. The summed E-state index contributed by atoms with van der Waals surface area (Å²) in [7, 11) is 0. The maximum atomic E-state index is 15.3. The van der Waals surface area contributed by atoms with Crippen LogP contribution in [0, 0.1) is 17.5 Å². The quantitative estimate of drug-likeness (QED) is 0.421. The molecule has 9 heteroatoms. The highest BCUT2D eigenvalue weighted by Crippen LogP contribution is 2.37. The molecule has 1 saturated carbocycles. The molecule has 1 aliphatic carbocycles. The van der Waals surface area contributed by atoms with Crippen molar-refractivity contribution in [3.05, 3.63) is 89.2 Å². The van der Waals surface area contributed by atoms with Crippen LogP contribution in [0.15, 0.2) is 60.7 Å². The molecule has 0 bridgehead atoms. The first-order valence-corrected chi connectivity index (χ1v) is 13.1. The highest BCUT2D eigenvalue weighted by atomic mass is 19.1. The number of hydrogen-bond donors (Lipinski definition) is 2. The van der Waals surface area contributed by atoms with Gasteiger partial charge < -0.3 is 15.2 Å². The van der Waals surface area contributed by atoms with Crippen molar-refractivity contribution in [2.75, 3.05) is 4.90 Å². The second-order valence-corrected chi connectivity index (χ2v) is 10.0. The minimum Gasteiger partial charge on any atom is -0.508 e. The number of ether oxygens (including phenoxy) is 1. The Kier molecular flexibility index (Phi) is 7.77. The number of phenolic OH excluding ortho intramolecular Hbond substituents is 1. The van der Waals surface area contributed by atoms with Gasteiger partial charge in [-0.05, 0) is 67.6 Å². The van der Waals surface area contributed by atoms with Crippen LogP contribution in [-0.4, -0.2) is 29.1 Å². The van der Waals surface area contributed by atoms with Crippen molar-refractivity contribution >= 4 is 17.5 Å². The molecule has 0 radical (unpaired) electrons. The van der Waals surface area contributed by atoms with E-state index in [2.05, 4.69) is 5.32 Å². The van der Waals surface area contributed by atoms with Crippen molar-refractivity contribution in [2.45, 2.75) is 63.1 Å². The van der Waals surface area contributed by atoms with Gasteiger partial charge in [-0.3, -0.25) is 14.5 Å². The molecule has 2 N–H and O–H groups in total. The van der Waals surface area contributed by atoms with E-state index in [-0.39, 0.29) is 29.5 Å². The van der Waals surface area contributed by atoms with Gasteiger partial charge in [-0.15, -0.1) is 0 Å². The molecule has 6 nitrogen and oxygen atoms in total. The van der Waals surface area contributed by atoms with E-state index < -0.39 is 41.4 Å². The molecule has 1 fully saturated rings. The minimum atomic E-state index is -1.47. The van der Waals surface area contributed by atoms with Crippen LogP contribution >= 0.6 is 0 Å². The number of aromatic hydroxyl groups is 1. The van der Waals surface area contributed by atoms with Crippen molar-refractivity contribution in [1.82, 2.24) is 5.32 Å². The van der Waals surface area contributed by atoms with Crippen LogP contribution in [0.25, 0.3) is 0 Å². The zero-order valence-electron chi connectivity index (χ0n) is 21.2. The number of para-hydroxylation sites is 1. The third-order valence-electron chi connectivity index (χ3n) is 7.34. The summed E-state index contributed by atoms with van der Waals surface area (Å²) in [4.78, 5) is 29.0. The summed E-state index contributed by atoms with van der Waals surface area (Å²) in [5.41, 5.74) is 0.342. The Morgan fingerprint density at radius 2 is 1.64 bits per heavy atom. The summed E-state index contributed by atoms with van der Waals surface area (Å²) in [5.74, 6) is -3.62. The Labute approximate surface area is 224 Å². The summed E-state index contributed by atoms with van der Waals surface area (Å²) in [6.07, 6.45) is 3.79. The van der Waals surface area contributed by atoms with E-state index in [0.29, 0.717) is 23.8 Å². The molecule has 1 aliphatic heterocycles. The molecular weight excluding hydrogens is 509 g/mol. The lowest BCUT2D eigenvalue weighted by Crippen LogP contribution is -2.51. The first-order valence-electron chi connectivity index (χ1n) is 13.1. The highest BCUT2D eigenvalue weighted by molar-refractivity contribution is 6.04. The Bertz CT molecular complexity index is 1380. The van der Waals surface area contributed by atoms with Crippen molar-refractivity contribution in [2.24, 2.45) is 0 Å². The number of rotatable bonds is 6. The summed E-state index contributed by atoms with van der Waals surface area (Å²) in [6, 6.07) is 11.1.